The third kappa shape index (κ3) is 3.26. The van der Waals surface area contributed by atoms with Crippen molar-refractivity contribution in [3.63, 3.8) is 0 Å². The molecule has 1 aromatic heterocycles. The molecule has 0 radical (unpaired) electrons. The van der Waals surface area contributed by atoms with Gasteiger partial charge in [-0.2, -0.15) is 9.72 Å². The lowest BCUT2D eigenvalue weighted by Gasteiger charge is -2.16. The molecule has 1 aliphatic rings. The van der Waals surface area contributed by atoms with E-state index in [9.17, 15) is 10.0 Å². The van der Waals surface area contributed by atoms with E-state index in [2.05, 4.69) is 4.99 Å². The predicted molar refractivity (Wildman–Crippen MR) is 67.6 cm³/mol. The van der Waals surface area contributed by atoms with Crippen molar-refractivity contribution < 1.29 is 10.0 Å². The average molecular weight is 270 g/mol. The van der Waals surface area contributed by atoms with Crippen molar-refractivity contribution in [3.05, 3.63) is 28.8 Å². The van der Waals surface area contributed by atoms with Gasteiger partial charge in [0.05, 0.1) is 5.36 Å². The van der Waals surface area contributed by atoms with Crippen molar-refractivity contribution in [2.75, 3.05) is 13.1 Å². The zero-order valence-electron chi connectivity index (χ0n) is 10.0. The Morgan fingerprint density at radius 3 is 2.56 bits per heavy atom. The summed E-state index contributed by atoms with van der Waals surface area (Å²) < 4.78 is 0.775. The summed E-state index contributed by atoms with van der Waals surface area (Å²) in [6.45, 7) is 1.53. The first-order valence-corrected chi connectivity index (χ1v) is 6.46. The van der Waals surface area contributed by atoms with Gasteiger partial charge in [-0.25, -0.2) is 4.79 Å². The topological polar surface area (TPSA) is 57.8 Å². The summed E-state index contributed by atoms with van der Waals surface area (Å²) in [6.07, 6.45) is 5.77. The van der Waals surface area contributed by atoms with E-state index < -0.39 is 0 Å². The SMILES string of the molecule is O=C(/N=c1\ccn(O)c(Cl)c1)N1CCCCCC1. The van der Waals surface area contributed by atoms with Crippen molar-refractivity contribution in [3.8, 4) is 0 Å². The molecule has 6 heteroatoms. The van der Waals surface area contributed by atoms with E-state index in [1.165, 1.54) is 25.1 Å². The molecule has 0 aliphatic carbocycles. The van der Waals surface area contributed by atoms with Crippen LogP contribution in [0.3, 0.4) is 0 Å². The third-order valence-electron chi connectivity index (χ3n) is 2.97. The van der Waals surface area contributed by atoms with Crippen LogP contribution in [0.5, 0.6) is 0 Å². The Labute approximate surface area is 110 Å². The summed E-state index contributed by atoms with van der Waals surface area (Å²) >= 11 is 5.74. The quantitative estimate of drug-likeness (QED) is 0.580. The highest BCUT2D eigenvalue weighted by Crippen LogP contribution is 2.10. The molecule has 1 aliphatic heterocycles. The summed E-state index contributed by atoms with van der Waals surface area (Å²) in [5, 5.41) is 9.79. The minimum absolute atomic E-state index is 0.125. The Kier molecular flexibility index (Phi) is 4.25. The monoisotopic (exact) mass is 269 g/mol. The lowest BCUT2D eigenvalue weighted by Crippen LogP contribution is -2.30. The van der Waals surface area contributed by atoms with Crippen molar-refractivity contribution in [2.24, 2.45) is 4.99 Å². The van der Waals surface area contributed by atoms with E-state index in [4.69, 9.17) is 11.6 Å². The summed E-state index contributed by atoms with van der Waals surface area (Å²) in [5.74, 6) is 0. The smallest absolute Gasteiger partial charge is 0.344 e. The summed E-state index contributed by atoms with van der Waals surface area (Å²) in [7, 11) is 0. The number of nitrogens with zero attached hydrogens (tertiary/aromatic N) is 3. The van der Waals surface area contributed by atoms with Gasteiger partial charge in [0.2, 0.25) is 0 Å². The van der Waals surface area contributed by atoms with E-state index in [-0.39, 0.29) is 11.2 Å². The molecule has 0 spiro atoms. The predicted octanol–water partition coefficient (Wildman–Crippen LogP) is 2.28. The molecule has 18 heavy (non-hydrogen) atoms. The van der Waals surface area contributed by atoms with Gasteiger partial charge in [-0.3, -0.25) is 0 Å². The third-order valence-corrected chi connectivity index (χ3v) is 3.26. The van der Waals surface area contributed by atoms with Gasteiger partial charge in [-0.1, -0.05) is 24.4 Å². The van der Waals surface area contributed by atoms with Gasteiger partial charge in [0.25, 0.3) is 0 Å². The molecule has 0 atom stereocenters. The Hall–Kier alpha value is -1.49. The fourth-order valence-electron chi connectivity index (χ4n) is 1.97. The maximum Gasteiger partial charge on any atom is 0.344 e. The number of rotatable bonds is 0. The van der Waals surface area contributed by atoms with Crippen LogP contribution in [0.2, 0.25) is 5.15 Å². The number of halogens is 1. The molecule has 0 bridgehead atoms. The maximum atomic E-state index is 12.0. The van der Waals surface area contributed by atoms with Crippen LogP contribution < -0.4 is 5.36 Å². The van der Waals surface area contributed by atoms with E-state index in [1.54, 1.807) is 11.0 Å². The Morgan fingerprint density at radius 2 is 1.94 bits per heavy atom. The molecule has 2 amide bonds. The molecule has 98 valence electrons. The number of hydrogen-bond donors (Lipinski definition) is 1. The van der Waals surface area contributed by atoms with Crippen molar-refractivity contribution in [1.29, 1.82) is 0 Å². The summed E-state index contributed by atoms with van der Waals surface area (Å²) in [5.41, 5.74) is 0. The van der Waals surface area contributed by atoms with Crippen molar-refractivity contribution >= 4 is 17.6 Å². The van der Waals surface area contributed by atoms with Crippen LogP contribution in [-0.2, 0) is 0 Å². The molecule has 1 saturated heterocycles. The number of likely N-dealkylation sites (tertiary alicyclic amines) is 1. The van der Waals surface area contributed by atoms with E-state index in [1.807, 2.05) is 0 Å². The second-order valence-corrected chi connectivity index (χ2v) is 4.74. The second-order valence-electron chi connectivity index (χ2n) is 4.35. The van der Waals surface area contributed by atoms with Crippen LogP contribution in [0.25, 0.3) is 0 Å². The molecule has 1 aromatic rings. The minimum Gasteiger partial charge on any atom is -0.428 e. The summed E-state index contributed by atoms with van der Waals surface area (Å²) in [4.78, 5) is 17.7. The van der Waals surface area contributed by atoms with Gasteiger partial charge in [0, 0.05) is 25.4 Å². The fraction of sp³-hybridized carbons (Fsp3) is 0.500. The molecule has 2 heterocycles. The van der Waals surface area contributed by atoms with Gasteiger partial charge < -0.3 is 10.1 Å². The standard InChI is InChI=1S/C12H16ClN3O2/c13-11-9-10(5-8-16(11)18)14-12(17)15-6-3-1-2-4-7-15/h5,8-9,18H,1-4,6-7H2/b14-10+. The lowest BCUT2D eigenvalue weighted by molar-refractivity contribution is 0.184. The number of hydrogen-bond acceptors (Lipinski definition) is 2. The summed E-state index contributed by atoms with van der Waals surface area (Å²) in [6, 6.07) is 2.77. The van der Waals surface area contributed by atoms with Crippen LogP contribution in [-0.4, -0.2) is 34.0 Å². The van der Waals surface area contributed by atoms with Crippen molar-refractivity contribution in [2.45, 2.75) is 25.7 Å². The Bertz CT molecular complexity index is 490. The molecular formula is C12H16ClN3O2. The number of carbonyl (C=O) groups excluding carboxylic acids is 1. The maximum absolute atomic E-state index is 12.0. The first-order chi connectivity index (χ1) is 8.66. The lowest BCUT2D eigenvalue weighted by atomic mass is 10.2. The zero-order valence-corrected chi connectivity index (χ0v) is 10.8. The first kappa shape index (κ1) is 13.0. The van der Waals surface area contributed by atoms with Gasteiger partial charge in [-0.15, -0.1) is 0 Å². The molecule has 0 unspecified atom stereocenters. The fourth-order valence-corrected chi connectivity index (χ4v) is 2.14. The van der Waals surface area contributed by atoms with Crippen LogP contribution in [0.15, 0.2) is 23.3 Å². The molecule has 5 nitrogen and oxygen atoms in total. The van der Waals surface area contributed by atoms with Gasteiger partial charge in [0.1, 0.15) is 5.15 Å². The average Bonchev–Trinajstić information content (AvgIpc) is 2.62. The van der Waals surface area contributed by atoms with Crippen LogP contribution in [0.1, 0.15) is 25.7 Å². The number of carbonyl (C=O) groups is 1. The van der Waals surface area contributed by atoms with E-state index in [0.717, 1.165) is 30.7 Å². The van der Waals surface area contributed by atoms with Crippen LogP contribution >= 0.6 is 11.6 Å². The molecule has 0 aromatic carbocycles. The largest absolute Gasteiger partial charge is 0.428 e. The highest BCUT2D eigenvalue weighted by Gasteiger charge is 2.14. The molecular weight excluding hydrogens is 254 g/mol. The second kappa shape index (κ2) is 5.91. The van der Waals surface area contributed by atoms with Gasteiger partial charge in [0.15, 0.2) is 0 Å². The normalized spacial score (nSPS) is 17.6. The van der Waals surface area contributed by atoms with Crippen LogP contribution in [0, 0.1) is 0 Å². The Morgan fingerprint density at radius 1 is 1.28 bits per heavy atom. The highest BCUT2D eigenvalue weighted by molar-refractivity contribution is 6.29. The molecule has 1 N–H and O–H groups in total. The number of amides is 2. The minimum atomic E-state index is -0.233. The van der Waals surface area contributed by atoms with Crippen LogP contribution in [0.4, 0.5) is 4.79 Å². The number of urea groups is 1. The van der Waals surface area contributed by atoms with Crippen molar-refractivity contribution in [1.82, 2.24) is 9.63 Å². The molecule has 1 fully saturated rings. The highest BCUT2D eigenvalue weighted by atomic mass is 35.5. The van der Waals surface area contributed by atoms with Gasteiger partial charge in [-0.05, 0) is 18.9 Å². The first-order valence-electron chi connectivity index (χ1n) is 6.08. The van der Waals surface area contributed by atoms with Gasteiger partial charge >= 0.3 is 6.03 Å². The number of aromatic nitrogens is 1. The molecule has 0 saturated carbocycles. The van der Waals surface area contributed by atoms with E-state index in [0.29, 0.717) is 5.36 Å². The zero-order chi connectivity index (χ0) is 13.0. The molecule has 2 rings (SSSR count). The Balaban J connectivity index is 2.15. The van der Waals surface area contributed by atoms with E-state index >= 15 is 0 Å². The number of pyridine rings is 1.